The van der Waals surface area contributed by atoms with Crippen LogP contribution in [0.5, 0.6) is 0 Å². The molecule has 0 radical (unpaired) electrons. The van der Waals surface area contributed by atoms with E-state index in [1.165, 1.54) is 6.26 Å². The molecule has 0 unspecified atom stereocenters. The number of hydrogen-bond acceptors (Lipinski definition) is 8. The van der Waals surface area contributed by atoms with Gasteiger partial charge in [-0.15, -0.1) is 0 Å². The number of aryl methyl sites for hydroxylation is 1. The van der Waals surface area contributed by atoms with Crippen LogP contribution >= 0.6 is 0 Å². The normalized spacial score (nSPS) is 27.0. The minimum atomic E-state index is -1.09. The molecule has 1 amide bonds. The molecule has 150 valence electrons. The molecule has 1 spiro atoms. The molecule has 0 bridgehead atoms. The van der Waals surface area contributed by atoms with E-state index >= 15 is 0 Å². The highest BCUT2D eigenvalue weighted by molar-refractivity contribution is 5.92. The summed E-state index contributed by atoms with van der Waals surface area (Å²) < 4.78 is 11.3. The van der Waals surface area contributed by atoms with Crippen LogP contribution in [0.15, 0.2) is 29.1 Å². The van der Waals surface area contributed by atoms with Crippen molar-refractivity contribution in [1.82, 2.24) is 20.3 Å². The topological polar surface area (TPSA) is 114 Å². The number of aliphatic hydroxyl groups is 1. The minimum absolute atomic E-state index is 0.199. The van der Waals surface area contributed by atoms with Crippen LogP contribution in [0.2, 0.25) is 0 Å². The number of nitrogens with one attached hydrogen (secondary N) is 1. The Hall–Kier alpha value is -2.52. The predicted octanol–water partition coefficient (Wildman–Crippen LogP) is 1.08. The Morgan fingerprint density at radius 2 is 2.04 bits per heavy atom. The van der Waals surface area contributed by atoms with Crippen molar-refractivity contribution in [3.63, 3.8) is 0 Å². The van der Waals surface area contributed by atoms with Crippen molar-refractivity contribution in [2.24, 2.45) is 0 Å². The molecule has 2 aliphatic heterocycles. The Morgan fingerprint density at radius 3 is 2.64 bits per heavy atom. The van der Waals surface area contributed by atoms with Gasteiger partial charge in [0, 0.05) is 38.8 Å². The molecule has 2 aliphatic rings. The van der Waals surface area contributed by atoms with Crippen molar-refractivity contribution in [3.8, 4) is 0 Å². The first-order chi connectivity index (χ1) is 13.4. The molecule has 4 rings (SSSR count). The van der Waals surface area contributed by atoms with E-state index in [1.54, 1.807) is 32.3 Å². The number of anilines is 1. The molecule has 0 aliphatic carbocycles. The van der Waals surface area contributed by atoms with Gasteiger partial charge in [0.15, 0.2) is 11.6 Å². The van der Waals surface area contributed by atoms with E-state index in [1.807, 2.05) is 0 Å². The Bertz CT molecular complexity index is 830. The fourth-order valence-corrected chi connectivity index (χ4v) is 4.05. The number of aromatic nitrogens is 3. The maximum atomic E-state index is 12.4. The SMILES string of the molecule is Cc1nc(C(=O)N[C@H]2COC3(CCN(c4ncccn4)CC3)C[C@]2(C)O)co1. The molecule has 2 saturated heterocycles. The summed E-state index contributed by atoms with van der Waals surface area (Å²) in [5.41, 5.74) is -1.29. The van der Waals surface area contributed by atoms with Gasteiger partial charge in [0.2, 0.25) is 5.95 Å². The number of carbonyl (C=O) groups is 1. The van der Waals surface area contributed by atoms with Gasteiger partial charge in [0.05, 0.1) is 23.9 Å². The number of oxazole rings is 1. The van der Waals surface area contributed by atoms with Crippen molar-refractivity contribution in [3.05, 3.63) is 36.3 Å². The number of nitrogens with zero attached hydrogens (tertiary/aromatic N) is 4. The van der Waals surface area contributed by atoms with Gasteiger partial charge in [0.25, 0.3) is 5.91 Å². The zero-order valence-electron chi connectivity index (χ0n) is 16.1. The number of rotatable bonds is 3. The number of amides is 1. The molecular weight excluding hydrogens is 362 g/mol. The second-order valence-corrected chi connectivity index (χ2v) is 7.84. The zero-order valence-corrected chi connectivity index (χ0v) is 16.1. The highest BCUT2D eigenvalue weighted by Crippen LogP contribution is 2.40. The smallest absolute Gasteiger partial charge is 0.273 e. The maximum absolute atomic E-state index is 12.4. The Labute approximate surface area is 163 Å². The molecule has 0 saturated carbocycles. The lowest BCUT2D eigenvalue weighted by molar-refractivity contribution is -0.176. The van der Waals surface area contributed by atoms with E-state index in [9.17, 15) is 9.90 Å². The fraction of sp³-hybridized carbons (Fsp3) is 0.579. The maximum Gasteiger partial charge on any atom is 0.273 e. The van der Waals surface area contributed by atoms with Crippen LogP contribution in [0.25, 0.3) is 0 Å². The molecule has 2 atom stereocenters. The van der Waals surface area contributed by atoms with Gasteiger partial charge >= 0.3 is 0 Å². The van der Waals surface area contributed by atoms with E-state index < -0.39 is 17.2 Å². The highest BCUT2D eigenvalue weighted by atomic mass is 16.5. The van der Waals surface area contributed by atoms with Crippen molar-refractivity contribution in [2.45, 2.75) is 50.4 Å². The molecule has 9 heteroatoms. The number of carbonyl (C=O) groups excluding carboxylic acids is 1. The van der Waals surface area contributed by atoms with Gasteiger partial charge in [-0.1, -0.05) is 0 Å². The van der Waals surface area contributed by atoms with Gasteiger partial charge in [-0.25, -0.2) is 15.0 Å². The van der Waals surface area contributed by atoms with E-state index in [2.05, 4.69) is 25.2 Å². The first-order valence-electron chi connectivity index (χ1n) is 9.48. The lowest BCUT2D eigenvalue weighted by Crippen LogP contribution is -2.64. The molecule has 4 heterocycles. The van der Waals surface area contributed by atoms with Crippen LogP contribution in [0.1, 0.15) is 42.6 Å². The Balaban J connectivity index is 1.38. The lowest BCUT2D eigenvalue weighted by atomic mass is 9.75. The molecule has 9 nitrogen and oxygen atoms in total. The summed E-state index contributed by atoms with van der Waals surface area (Å²) in [5, 5.41) is 13.9. The van der Waals surface area contributed by atoms with E-state index in [0.29, 0.717) is 18.3 Å². The predicted molar refractivity (Wildman–Crippen MR) is 99.9 cm³/mol. The average molecular weight is 387 g/mol. The largest absolute Gasteiger partial charge is 0.448 e. The standard InChI is InChI=1S/C19H25N5O4/c1-13-22-14(10-27-13)16(25)23-15-11-28-19(12-18(15,2)26)4-8-24(9-5-19)17-20-6-3-7-21-17/h3,6-7,10,15,26H,4-5,8-9,11-12H2,1-2H3,(H,23,25)/t15-,18-/m0/s1. The zero-order chi connectivity index (χ0) is 19.8. The summed E-state index contributed by atoms with van der Waals surface area (Å²) in [6, 6.07) is 1.28. The Kier molecular flexibility index (Phi) is 4.80. The summed E-state index contributed by atoms with van der Waals surface area (Å²) in [6.45, 7) is 5.19. The lowest BCUT2D eigenvalue weighted by Gasteiger charge is -2.51. The van der Waals surface area contributed by atoms with E-state index in [0.717, 1.165) is 25.9 Å². The molecule has 2 N–H and O–H groups in total. The van der Waals surface area contributed by atoms with E-state index in [-0.39, 0.29) is 18.2 Å². The summed E-state index contributed by atoms with van der Waals surface area (Å²) in [7, 11) is 0. The summed E-state index contributed by atoms with van der Waals surface area (Å²) in [6.07, 6.45) is 6.77. The molecule has 0 aromatic carbocycles. The van der Waals surface area contributed by atoms with Gasteiger partial charge in [-0.05, 0) is 25.8 Å². The van der Waals surface area contributed by atoms with E-state index in [4.69, 9.17) is 9.15 Å². The van der Waals surface area contributed by atoms with Crippen LogP contribution in [0, 0.1) is 6.92 Å². The number of piperidine rings is 1. The van der Waals surface area contributed by atoms with Crippen LogP contribution in [0.4, 0.5) is 5.95 Å². The summed E-state index contributed by atoms with van der Waals surface area (Å²) >= 11 is 0. The van der Waals surface area contributed by atoms with Crippen molar-refractivity contribution in [1.29, 1.82) is 0 Å². The van der Waals surface area contributed by atoms with Gasteiger partial charge in [0.1, 0.15) is 6.26 Å². The van der Waals surface area contributed by atoms with Crippen LogP contribution in [-0.4, -0.2) is 62.9 Å². The fourth-order valence-electron chi connectivity index (χ4n) is 4.05. The second-order valence-electron chi connectivity index (χ2n) is 7.84. The molecule has 2 aromatic heterocycles. The third-order valence-electron chi connectivity index (χ3n) is 5.65. The second kappa shape index (κ2) is 7.14. The van der Waals surface area contributed by atoms with Gasteiger partial charge < -0.3 is 24.5 Å². The van der Waals surface area contributed by atoms with Crippen molar-refractivity contribution in [2.75, 3.05) is 24.6 Å². The minimum Gasteiger partial charge on any atom is -0.448 e. The molecule has 2 fully saturated rings. The van der Waals surface area contributed by atoms with Crippen LogP contribution in [0.3, 0.4) is 0 Å². The summed E-state index contributed by atoms with van der Waals surface area (Å²) in [5.74, 6) is 0.760. The molecule has 28 heavy (non-hydrogen) atoms. The summed E-state index contributed by atoms with van der Waals surface area (Å²) in [4.78, 5) is 27.1. The first-order valence-corrected chi connectivity index (χ1v) is 9.48. The van der Waals surface area contributed by atoms with Gasteiger partial charge in [-0.3, -0.25) is 4.79 Å². The quantitative estimate of drug-likeness (QED) is 0.804. The average Bonchev–Trinajstić information content (AvgIpc) is 3.12. The van der Waals surface area contributed by atoms with Crippen molar-refractivity contribution < 1.29 is 19.1 Å². The van der Waals surface area contributed by atoms with Crippen molar-refractivity contribution >= 4 is 11.9 Å². The number of ether oxygens (including phenoxy) is 1. The first kappa shape index (κ1) is 18.8. The van der Waals surface area contributed by atoms with Crippen LogP contribution < -0.4 is 10.2 Å². The third kappa shape index (κ3) is 3.72. The monoisotopic (exact) mass is 387 g/mol. The van der Waals surface area contributed by atoms with Crippen LogP contribution in [-0.2, 0) is 4.74 Å². The molecule has 2 aromatic rings. The van der Waals surface area contributed by atoms with Gasteiger partial charge in [-0.2, -0.15) is 0 Å². The third-order valence-corrected chi connectivity index (χ3v) is 5.65. The Morgan fingerprint density at radius 1 is 1.32 bits per heavy atom. The number of hydrogen-bond donors (Lipinski definition) is 2. The molecular formula is C19H25N5O4. The highest BCUT2D eigenvalue weighted by Gasteiger charge is 2.49.